The van der Waals surface area contributed by atoms with Gasteiger partial charge in [0, 0.05) is 22.9 Å². The van der Waals surface area contributed by atoms with Crippen molar-refractivity contribution in [1.82, 2.24) is 9.97 Å². The van der Waals surface area contributed by atoms with E-state index in [-0.39, 0.29) is 0 Å². The van der Waals surface area contributed by atoms with Crippen molar-refractivity contribution in [3.8, 4) is 11.3 Å². The molecule has 3 N–H and O–H groups in total. The summed E-state index contributed by atoms with van der Waals surface area (Å²) in [6.07, 6.45) is 6.32. The van der Waals surface area contributed by atoms with Gasteiger partial charge in [0.05, 0.1) is 17.6 Å². The lowest BCUT2D eigenvalue weighted by molar-refractivity contribution is -0.138. The van der Waals surface area contributed by atoms with Gasteiger partial charge in [-0.2, -0.15) is 0 Å². The van der Waals surface area contributed by atoms with Crippen molar-refractivity contribution in [3.63, 3.8) is 0 Å². The summed E-state index contributed by atoms with van der Waals surface area (Å²) in [5, 5.41) is 13.6. The number of aromatic amines is 1. The molecule has 1 saturated carbocycles. The number of hydrogen-bond donors (Lipinski definition) is 3. The van der Waals surface area contributed by atoms with E-state index in [2.05, 4.69) is 57.7 Å². The van der Waals surface area contributed by atoms with Crippen molar-refractivity contribution >= 4 is 28.4 Å². The molecule has 1 aliphatic rings. The first kappa shape index (κ1) is 20.3. The number of fused-ring (bicyclic) bond motifs is 1. The second-order valence-corrected chi connectivity index (χ2v) is 8.76. The van der Waals surface area contributed by atoms with Gasteiger partial charge in [0.1, 0.15) is 5.82 Å². The maximum Gasteiger partial charge on any atom is 0.303 e. The number of H-pyrrole nitrogens is 1. The largest absolute Gasteiger partial charge is 0.481 e. The molecular formula is C27H27N3O2. The van der Waals surface area contributed by atoms with E-state index in [0.717, 1.165) is 54.0 Å². The fourth-order valence-electron chi connectivity index (χ4n) is 4.81. The Morgan fingerprint density at radius 1 is 1.00 bits per heavy atom. The molecule has 0 atom stereocenters. The third-order valence-electron chi connectivity index (χ3n) is 6.56. The number of hydrogen-bond acceptors (Lipinski definition) is 3. The van der Waals surface area contributed by atoms with Crippen LogP contribution in [-0.4, -0.2) is 21.0 Å². The van der Waals surface area contributed by atoms with Crippen LogP contribution in [0.5, 0.6) is 0 Å². The first-order valence-electron chi connectivity index (χ1n) is 11.3. The van der Waals surface area contributed by atoms with E-state index in [1.54, 1.807) is 0 Å². The molecule has 1 fully saturated rings. The number of rotatable bonds is 6. The highest BCUT2D eigenvalue weighted by atomic mass is 16.4. The minimum atomic E-state index is -0.673. The number of pyridine rings is 1. The maximum atomic E-state index is 10.9. The van der Waals surface area contributed by atoms with Gasteiger partial charge in [0.2, 0.25) is 0 Å². The predicted octanol–water partition coefficient (Wildman–Crippen LogP) is 6.72. The molecule has 2 aromatic carbocycles. The maximum absolute atomic E-state index is 10.9. The number of carboxylic acid groups (broad SMARTS) is 1. The van der Waals surface area contributed by atoms with Gasteiger partial charge in [-0.3, -0.25) is 9.78 Å². The number of anilines is 2. The average Bonchev–Trinajstić information content (AvgIpc) is 3.22. The van der Waals surface area contributed by atoms with Crippen molar-refractivity contribution in [3.05, 3.63) is 78.5 Å². The molecule has 2 aromatic heterocycles. The molecular weight excluding hydrogens is 398 g/mol. The monoisotopic (exact) mass is 425 g/mol. The lowest BCUT2D eigenvalue weighted by atomic mass is 9.77. The Bertz CT molecular complexity index is 1170. The summed E-state index contributed by atoms with van der Waals surface area (Å²) in [7, 11) is 0. The quantitative estimate of drug-likeness (QED) is 0.320. The number of nitrogens with one attached hydrogen (secondary N) is 2. The molecule has 4 aromatic rings. The number of aliphatic carboxylic acids is 1. The van der Waals surface area contributed by atoms with Crippen molar-refractivity contribution in [2.75, 3.05) is 5.32 Å². The molecule has 0 amide bonds. The Labute approximate surface area is 187 Å². The first-order valence-corrected chi connectivity index (χ1v) is 11.3. The number of aromatic nitrogens is 2. The molecule has 162 valence electrons. The van der Waals surface area contributed by atoms with Crippen LogP contribution in [0.2, 0.25) is 0 Å². The van der Waals surface area contributed by atoms with E-state index in [4.69, 9.17) is 5.11 Å². The van der Waals surface area contributed by atoms with Gasteiger partial charge < -0.3 is 15.4 Å². The van der Waals surface area contributed by atoms with Crippen LogP contribution in [0, 0.1) is 5.92 Å². The third-order valence-corrected chi connectivity index (χ3v) is 6.56. The number of benzene rings is 2. The van der Waals surface area contributed by atoms with Gasteiger partial charge in [-0.25, -0.2) is 0 Å². The third kappa shape index (κ3) is 4.52. The van der Waals surface area contributed by atoms with Crippen LogP contribution in [0.15, 0.2) is 72.9 Å². The summed E-state index contributed by atoms with van der Waals surface area (Å²) < 4.78 is 0. The molecule has 0 bridgehead atoms. The Balaban J connectivity index is 1.22. The van der Waals surface area contributed by atoms with Gasteiger partial charge >= 0.3 is 5.97 Å². The number of nitrogens with zero attached hydrogens (tertiary/aromatic N) is 1. The van der Waals surface area contributed by atoms with Crippen LogP contribution in [0.4, 0.5) is 11.5 Å². The molecule has 0 spiro atoms. The summed E-state index contributed by atoms with van der Waals surface area (Å²) >= 11 is 0. The minimum absolute atomic E-state index is 0.308. The van der Waals surface area contributed by atoms with Crippen LogP contribution in [0.3, 0.4) is 0 Å². The van der Waals surface area contributed by atoms with Crippen LogP contribution in [0.1, 0.15) is 43.6 Å². The average molecular weight is 426 g/mol. The fourth-order valence-corrected chi connectivity index (χ4v) is 4.81. The van der Waals surface area contributed by atoms with Gasteiger partial charge in [-0.05, 0) is 67.3 Å². The summed E-state index contributed by atoms with van der Waals surface area (Å²) in [4.78, 5) is 18.9. The normalized spacial score (nSPS) is 18.5. The van der Waals surface area contributed by atoms with Crippen LogP contribution >= 0.6 is 0 Å². The number of carboxylic acids is 1. The molecule has 2 heterocycles. The van der Waals surface area contributed by atoms with Gasteiger partial charge in [-0.15, -0.1) is 0 Å². The molecule has 5 nitrogen and oxygen atoms in total. The highest BCUT2D eigenvalue weighted by Gasteiger charge is 2.23. The molecule has 1 aliphatic carbocycles. The van der Waals surface area contributed by atoms with Crippen molar-refractivity contribution in [1.29, 1.82) is 0 Å². The lowest BCUT2D eigenvalue weighted by Gasteiger charge is -2.28. The van der Waals surface area contributed by atoms with Crippen molar-refractivity contribution in [2.24, 2.45) is 5.92 Å². The van der Waals surface area contributed by atoms with Crippen molar-refractivity contribution < 1.29 is 9.90 Å². The van der Waals surface area contributed by atoms with Gasteiger partial charge in [-0.1, -0.05) is 42.5 Å². The second kappa shape index (κ2) is 8.87. The van der Waals surface area contributed by atoms with E-state index in [9.17, 15) is 4.79 Å². The molecule has 5 rings (SSSR count). The van der Waals surface area contributed by atoms with E-state index in [0.29, 0.717) is 18.3 Å². The highest BCUT2D eigenvalue weighted by molar-refractivity contribution is 5.84. The number of para-hydroxylation sites is 1. The minimum Gasteiger partial charge on any atom is -0.481 e. The van der Waals surface area contributed by atoms with E-state index >= 15 is 0 Å². The summed E-state index contributed by atoms with van der Waals surface area (Å²) in [6, 6.07) is 23.1. The van der Waals surface area contributed by atoms with E-state index in [1.165, 1.54) is 10.9 Å². The zero-order chi connectivity index (χ0) is 21.9. The SMILES string of the molecule is O=C(O)CC1CCC(c2ccc(-c3ccc(Nc4cc5ccccc5[nH]4)cn3)cc2)CC1. The molecule has 0 radical (unpaired) electrons. The Kier molecular flexibility index (Phi) is 5.63. The topological polar surface area (TPSA) is 78.0 Å². The Morgan fingerprint density at radius 3 is 2.47 bits per heavy atom. The molecule has 0 unspecified atom stereocenters. The summed E-state index contributed by atoms with van der Waals surface area (Å²) in [5.74, 6) is 1.14. The second-order valence-electron chi connectivity index (χ2n) is 8.76. The van der Waals surface area contributed by atoms with Crippen LogP contribution < -0.4 is 5.32 Å². The zero-order valence-corrected chi connectivity index (χ0v) is 17.9. The zero-order valence-electron chi connectivity index (χ0n) is 17.9. The molecule has 0 aliphatic heterocycles. The van der Waals surface area contributed by atoms with Crippen LogP contribution in [0.25, 0.3) is 22.2 Å². The first-order chi connectivity index (χ1) is 15.6. The molecule has 5 heteroatoms. The standard InChI is InChI=1S/C27H27N3O2/c31-27(32)15-18-5-7-19(8-6-18)20-9-11-21(12-10-20)24-14-13-23(17-28-24)29-26-16-22-3-1-2-4-25(22)30-26/h1-4,9-14,16-19,29-30H,5-8,15H2,(H,31,32). The van der Waals surface area contributed by atoms with Crippen LogP contribution in [-0.2, 0) is 4.79 Å². The Morgan fingerprint density at radius 2 is 1.78 bits per heavy atom. The van der Waals surface area contributed by atoms with Gasteiger partial charge in [0.15, 0.2) is 0 Å². The van der Waals surface area contributed by atoms with E-state index < -0.39 is 5.97 Å². The lowest BCUT2D eigenvalue weighted by Crippen LogP contribution is -2.16. The van der Waals surface area contributed by atoms with E-state index in [1.807, 2.05) is 30.5 Å². The highest BCUT2D eigenvalue weighted by Crippen LogP contribution is 2.37. The fraction of sp³-hybridized carbons (Fsp3) is 0.259. The Hall–Kier alpha value is -3.60. The van der Waals surface area contributed by atoms with Crippen molar-refractivity contribution in [2.45, 2.75) is 38.0 Å². The predicted molar refractivity (Wildman–Crippen MR) is 128 cm³/mol. The molecule has 32 heavy (non-hydrogen) atoms. The smallest absolute Gasteiger partial charge is 0.303 e. The summed E-state index contributed by atoms with van der Waals surface area (Å²) in [5.41, 5.74) is 5.44. The van der Waals surface area contributed by atoms with Gasteiger partial charge in [0.25, 0.3) is 0 Å². The summed E-state index contributed by atoms with van der Waals surface area (Å²) in [6.45, 7) is 0. The molecule has 0 saturated heterocycles. The number of carbonyl (C=O) groups is 1.